The van der Waals surface area contributed by atoms with Gasteiger partial charge in [-0.15, -0.1) is 0 Å². The fourth-order valence-corrected chi connectivity index (χ4v) is 1.64. The molecule has 0 aliphatic rings. The van der Waals surface area contributed by atoms with Gasteiger partial charge in [-0.25, -0.2) is 0 Å². The minimum Gasteiger partial charge on any atom is -0.398 e. The van der Waals surface area contributed by atoms with Gasteiger partial charge >= 0.3 is 0 Å². The topological polar surface area (TPSA) is 93.8 Å². The molecule has 0 atom stereocenters. The fraction of sp³-hybridized carbons (Fsp3) is 0. The number of benzene rings is 1. The maximum absolute atomic E-state index is 11.7. The summed E-state index contributed by atoms with van der Waals surface area (Å²) in [6.45, 7) is 0. The molecular weight excluding hydrogens is 294 g/mol. The highest BCUT2D eigenvalue weighted by Crippen LogP contribution is 2.20. The van der Waals surface area contributed by atoms with Crippen LogP contribution in [0, 0.1) is 0 Å². The summed E-state index contributed by atoms with van der Waals surface area (Å²) in [5, 5.41) is 9.89. The van der Waals surface area contributed by atoms with Crippen molar-refractivity contribution in [2.45, 2.75) is 0 Å². The normalized spacial score (nSPS) is 10.1. The van der Waals surface area contributed by atoms with Crippen molar-refractivity contribution in [1.82, 2.24) is 14.8 Å². The number of nitrogen functional groups attached to an aromatic ring is 1. The molecule has 16 heavy (non-hydrogen) atoms. The number of nitrogens with zero attached hydrogens (tertiary/aromatic N) is 3. The highest BCUT2D eigenvalue weighted by atomic mass is 79.9. The molecule has 6 nitrogen and oxygen atoms in total. The molecule has 1 heterocycles. The predicted octanol–water partition coefficient (Wildman–Crippen LogP) is 1.53. The first-order valence-electron chi connectivity index (χ1n) is 4.18. The van der Waals surface area contributed by atoms with E-state index in [0.717, 1.165) is 16.0 Å². The molecular formula is C8H6BrN5OS. The standard InChI is InChI=1S/C8H6BrN5OS/c9-5-2-1-4(3-6(5)10)7(15)11-8-12-13-14-16-8/h1-3H,10H2,(H,11,12,14,15). The van der Waals surface area contributed by atoms with Crippen LogP contribution in [-0.4, -0.2) is 20.7 Å². The van der Waals surface area contributed by atoms with Gasteiger partial charge in [-0.05, 0) is 39.3 Å². The van der Waals surface area contributed by atoms with Crippen LogP contribution in [0.4, 0.5) is 10.8 Å². The van der Waals surface area contributed by atoms with Crippen molar-refractivity contribution in [3.05, 3.63) is 28.2 Å². The van der Waals surface area contributed by atoms with E-state index in [2.05, 4.69) is 36.0 Å². The van der Waals surface area contributed by atoms with Crippen LogP contribution in [0.2, 0.25) is 0 Å². The van der Waals surface area contributed by atoms with Crippen LogP contribution in [0.3, 0.4) is 0 Å². The zero-order chi connectivity index (χ0) is 11.5. The largest absolute Gasteiger partial charge is 0.398 e. The first-order chi connectivity index (χ1) is 7.66. The summed E-state index contributed by atoms with van der Waals surface area (Å²) in [6.07, 6.45) is 0. The number of nitrogens with two attached hydrogens (primary N) is 1. The Kier molecular flexibility index (Phi) is 3.11. The molecule has 82 valence electrons. The smallest absolute Gasteiger partial charge is 0.257 e. The van der Waals surface area contributed by atoms with E-state index < -0.39 is 0 Å². The molecule has 1 aromatic heterocycles. The Hall–Kier alpha value is -1.54. The Morgan fingerprint density at radius 3 is 2.94 bits per heavy atom. The minimum absolute atomic E-state index is 0.294. The average Bonchev–Trinajstić information content (AvgIpc) is 2.74. The SMILES string of the molecule is Nc1cc(C(=O)Nc2nnns2)ccc1Br. The van der Waals surface area contributed by atoms with E-state index in [4.69, 9.17) is 5.73 Å². The lowest BCUT2D eigenvalue weighted by molar-refractivity contribution is 0.102. The van der Waals surface area contributed by atoms with Gasteiger partial charge in [0.1, 0.15) is 0 Å². The number of carbonyl (C=O) groups is 1. The van der Waals surface area contributed by atoms with Crippen LogP contribution in [0.5, 0.6) is 0 Å². The molecule has 0 fully saturated rings. The third-order valence-electron chi connectivity index (χ3n) is 1.78. The third kappa shape index (κ3) is 2.34. The Bertz CT molecular complexity index is 515. The van der Waals surface area contributed by atoms with E-state index in [0.29, 0.717) is 16.4 Å². The second-order valence-electron chi connectivity index (χ2n) is 2.86. The molecule has 1 amide bonds. The van der Waals surface area contributed by atoms with Gasteiger partial charge in [-0.3, -0.25) is 10.1 Å². The lowest BCUT2D eigenvalue weighted by Crippen LogP contribution is -2.12. The van der Waals surface area contributed by atoms with Crippen LogP contribution in [0.15, 0.2) is 22.7 Å². The number of hydrogen-bond donors (Lipinski definition) is 2. The van der Waals surface area contributed by atoms with Crippen molar-refractivity contribution >= 4 is 44.2 Å². The molecule has 8 heteroatoms. The molecule has 0 bridgehead atoms. The number of aromatic nitrogens is 3. The highest BCUT2D eigenvalue weighted by molar-refractivity contribution is 9.10. The van der Waals surface area contributed by atoms with Crippen molar-refractivity contribution in [2.75, 3.05) is 11.1 Å². The Morgan fingerprint density at radius 2 is 2.31 bits per heavy atom. The molecule has 0 aliphatic carbocycles. The van der Waals surface area contributed by atoms with Crippen LogP contribution >= 0.6 is 27.5 Å². The zero-order valence-corrected chi connectivity index (χ0v) is 10.2. The van der Waals surface area contributed by atoms with E-state index in [1.165, 1.54) is 0 Å². The summed E-state index contributed by atoms with van der Waals surface area (Å²) in [5.74, 6) is -0.294. The number of halogens is 1. The summed E-state index contributed by atoms with van der Waals surface area (Å²) in [7, 11) is 0. The quantitative estimate of drug-likeness (QED) is 0.820. The second-order valence-corrected chi connectivity index (χ2v) is 4.44. The number of nitrogens with one attached hydrogen (secondary N) is 1. The van der Waals surface area contributed by atoms with Gasteiger partial charge in [-0.1, -0.05) is 9.59 Å². The summed E-state index contributed by atoms with van der Waals surface area (Å²) >= 11 is 4.26. The lowest BCUT2D eigenvalue weighted by atomic mass is 10.2. The van der Waals surface area contributed by atoms with Gasteiger partial charge in [-0.2, -0.15) is 0 Å². The van der Waals surface area contributed by atoms with Crippen molar-refractivity contribution in [3.8, 4) is 0 Å². The van der Waals surface area contributed by atoms with Gasteiger partial charge in [0.15, 0.2) is 0 Å². The van der Waals surface area contributed by atoms with Gasteiger partial charge in [0.25, 0.3) is 5.91 Å². The van der Waals surface area contributed by atoms with Crippen LogP contribution in [-0.2, 0) is 0 Å². The molecule has 0 radical (unpaired) electrons. The van der Waals surface area contributed by atoms with Crippen molar-refractivity contribution < 1.29 is 4.79 Å². The molecule has 0 saturated carbocycles. The van der Waals surface area contributed by atoms with Crippen LogP contribution in [0.25, 0.3) is 0 Å². The first kappa shape index (κ1) is 11.0. The maximum atomic E-state index is 11.7. The van der Waals surface area contributed by atoms with Crippen molar-refractivity contribution in [1.29, 1.82) is 0 Å². The third-order valence-corrected chi connectivity index (χ3v) is 3.01. The molecule has 0 saturated heterocycles. The number of rotatable bonds is 2. The Balaban J connectivity index is 2.18. The molecule has 0 unspecified atom stereocenters. The van der Waals surface area contributed by atoms with Gasteiger partial charge in [0, 0.05) is 27.3 Å². The van der Waals surface area contributed by atoms with Gasteiger partial charge < -0.3 is 5.73 Å². The number of hydrogen-bond acceptors (Lipinski definition) is 6. The number of amides is 1. The summed E-state index contributed by atoms with van der Waals surface area (Å²) in [5.41, 5.74) is 6.62. The van der Waals surface area contributed by atoms with E-state index in [-0.39, 0.29) is 5.91 Å². The molecule has 0 spiro atoms. The summed E-state index contributed by atoms with van der Waals surface area (Å²) in [6, 6.07) is 4.95. The van der Waals surface area contributed by atoms with Gasteiger partial charge in [0.2, 0.25) is 5.13 Å². The predicted molar refractivity (Wildman–Crippen MR) is 64.2 cm³/mol. The highest BCUT2D eigenvalue weighted by Gasteiger charge is 2.09. The number of carbonyl (C=O) groups excluding carboxylic acids is 1. The van der Waals surface area contributed by atoms with Crippen molar-refractivity contribution in [2.24, 2.45) is 0 Å². The summed E-state index contributed by atoms with van der Waals surface area (Å²) < 4.78 is 4.29. The maximum Gasteiger partial charge on any atom is 0.257 e. The van der Waals surface area contributed by atoms with Gasteiger partial charge in [0.05, 0.1) is 0 Å². The van der Waals surface area contributed by atoms with E-state index in [1.54, 1.807) is 18.2 Å². The molecule has 1 aromatic carbocycles. The minimum atomic E-state index is -0.294. The second kappa shape index (κ2) is 4.54. The molecule has 2 rings (SSSR count). The molecule has 2 aromatic rings. The molecule has 0 aliphatic heterocycles. The fourth-order valence-electron chi connectivity index (χ4n) is 1.04. The van der Waals surface area contributed by atoms with E-state index in [1.807, 2.05) is 0 Å². The lowest BCUT2D eigenvalue weighted by Gasteiger charge is -2.03. The number of anilines is 2. The van der Waals surface area contributed by atoms with Crippen LogP contribution in [0.1, 0.15) is 10.4 Å². The summed E-state index contributed by atoms with van der Waals surface area (Å²) in [4.78, 5) is 11.7. The Labute approximate surface area is 103 Å². The zero-order valence-electron chi connectivity index (χ0n) is 7.85. The average molecular weight is 300 g/mol. The molecule has 3 N–H and O–H groups in total. The van der Waals surface area contributed by atoms with Crippen molar-refractivity contribution in [3.63, 3.8) is 0 Å². The van der Waals surface area contributed by atoms with Crippen LogP contribution < -0.4 is 11.1 Å². The Morgan fingerprint density at radius 1 is 1.50 bits per heavy atom. The van der Waals surface area contributed by atoms with E-state index in [9.17, 15) is 4.79 Å². The first-order valence-corrected chi connectivity index (χ1v) is 5.75. The monoisotopic (exact) mass is 299 g/mol. The van der Waals surface area contributed by atoms with E-state index >= 15 is 0 Å².